The van der Waals surface area contributed by atoms with Gasteiger partial charge >= 0.3 is 0 Å². The molecule has 0 amide bonds. The molecule has 1 nitrogen and oxygen atoms in total. The lowest BCUT2D eigenvalue weighted by molar-refractivity contribution is 1.27. The monoisotopic (exact) mass is 389 g/mol. The molecule has 0 aromatic heterocycles. The topological polar surface area (TPSA) is 3.24 Å². The van der Waals surface area contributed by atoms with Crippen LogP contribution in [-0.2, 0) is 0 Å². The van der Waals surface area contributed by atoms with Gasteiger partial charge in [-0.2, -0.15) is 0 Å². The number of hydrogen-bond donors (Lipinski definition) is 0. The fraction of sp³-hybridized carbons (Fsp3) is 0.103. The molecule has 1 heteroatoms. The molecular formula is C29H27N. The van der Waals surface area contributed by atoms with Crippen LogP contribution in [0, 0.1) is 13.8 Å². The molecule has 0 bridgehead atoms. The minimum Gasteiger partial charge on any atom is -0.311 e. The van der Waals surface area contributed by atoms with Crippen molar-refractivity contribution in [2.45, 2.75) is 20.8 Å². The first kappa shape index (κ1) is 19.7. The summed E-state index contributed by atoms with van der Waals surface area (Å²) in [4.78, 5) is 2.30. The van der Waals surface area contributed by atoms with Crippen molar-refractivity contribution in [3.05, 3.63) is 125 Å². The van der Waals surface area contributed by atoms with Crippen molar-refractivity contribution in [1.29, 1.82) is 0 Å². The molecule has 0 aliphatic carbocycles. The molecule has 0 aliphatic rings. The molecule has 0 unspecified atom stereocenters. The number of rotatable bonds is 5. The van der Waals surface area contributed by atoms with Gasteiger partial charge in [0.15, 0.2) is 0 Å². The Hall–Kier alpha value is -3.58. The first-order valence-corrected chi connectivity index (χ1v) is 10.4. The van der Waals surface area contributed by atoms with Gasteiger partial charge in [0.05, 0.1) is 0 Å². The second-order valence-corrected chi connectivity index (χ2v) is 7.79. The van der Waals surface area contributed by atoms with Gasteiger partial charge in [0.25, 0.3) is 0 Å². The van der Waals surface area contributed by atoms with E-state index in [2.05, 4.69) is 135 Å². The van der Waals surface area contributed by atoms with Crippen molar-refractivity contribution in [3.63, 3.8) is 0 Å². The summed E-state index contributed by atoms with van der Waals surface area (Å²) in [6.45, 7) is 6.40. The largest absolute Gasteiger partial charge is 0.311 e. The summed E-state index contributed by atoms with van der Waals surface area (Å²) in [5, 5.41) is 0. The predicted molar refractivity (Wildman–Crippen MR) is 131 cm³/mol. The van der Waals surface area contributed by atoms with E-state index in [0.29, 0.717) is 0 Å². The molecule has 0 spiro atoms. The fourth-order valence-corrected chi connectivity index (χ4v) is 3.59. The Bertz CT molecular complexity index is 1070. The van der Waals surface area contributed by atoms with Gasteiger partial charge in [0, 0.05) is 17.1 Å². The van der Waals surface area contributed by atoms with Crippen LogP contribution in [0.1, 0.15) is 29.2 Å². The second-order valence-electron chi connectivity index (χ2n) is 7.79. The van der Waals surface area contributed by atoms with Gasteiger partial charge in [0.1, 0.15) is 0 Å². The normalized spacial score (nSPS) is 11.4. The van der Waals surface area contributed by atoms with E-state index in [1.165, 1.54) is 27.8 Å². The van der Waals surface area contributed by atoms with Crippen LogP contribution in [0.5, 0.6) is 0 Å². The molecule has 0 saturated carbocycles. The number of anilines is 3. The van der Waals surface area contributed by atoms with Gasteiger partial charge in [-0.05, 0) is 73.9 Å². The van der Waals surface area contributed by atoms with Crippen LogP contribution in [0.2, 0.25) is 0 Å². The number of allylic oxidation sites excluding steroid dienone is 1. The number of benzene rings is 4. The molecule has 4 aromatic rings. The Kier molecular flexibility index (Phi) is 5.81. The van der Waals surface area contributed by atoms with E-state index < -0.39 is 0 Å². The molecule has 0 radical (unpaired) electrons. The maximum atomic E-state index is 2.30. The molecular weight excluding hydrogens is 362 g/mol. The van der Waals surface area contributed by atoms with E-state index in [1.54, 1.807) is 0 Å². The lowest BCUT2D eigenvalue weighted by Gasteiger charge is -2.26. The van der Waals surface area contributed by atoms with Gasteiger partial charge in [0.2, 0.25) is 0 Å². The summed E-state index contributed by atoms with van der Waals surface area (Å²) < 4.78 is 0. The number of aryl methyl sites for hydroxylation is 2. The zero-order chi connectivity index (χ0) is 20.9. The van der Waals surface area contributed by atoms with Crippen molar-refractivity contribution in [2.24, 2.45) is 0 Å². The minimum atomic E-state index is 1.15. The predicted octanol–water partition coefficient (Wildman–Crippen LogP) is 8.33. The van der Waals surface area contributed by atoms with Gasteiger partial charge in [-0.25, -0.2) is 0 Å². The summed E-state index contributed by atoms with van der Waals surface area (Å²) in [6.07, 6.45) is 2.24. The Morgan fingerprint density at radius 3 is 1.47 bits per heavy atom. The summed E-state index contributed by atoms with van der Waals surface area (Å²) in [6, 6.07) is 36.7. The first-order valence-electron chi connectivity index (χ1n) is 10.4. The Morgan fingerprint density at radius 1 is 0.567 bits per heavy atom. The highest BCUT2D eigenvalue weighted by atomic mass is 15.1. The average molecular weight is 390 g/mol. The lowest BCUT2D eigenvalue weighted by atomic mass is 10.0. The van der Waals surface area contributed by atoms with Crippen molar-refractivity contribution in [2.75, 3.05) is 4.90 Å². The van der Waals surface area contributed by atoms with Crippen molar-refractivity contribution >= 4 is 28.7 Å². The van der Waals surface area contributed by atoms with E-state index >= 15 is 0 Å². The van der Waals surface area contributed by atoms with E-state index in [1.807, 2.05) is 0 Å². The third kappa shape index (κ3) is 4.52. The molecule has 30 heavy (non-hydrogen) atoms. The van der Waals surface area contributed by atoms with Crippen molar-refractivity contribution in [3.8, 4) is 0 Å². The SMILES string of the molecule is C/C(=C/c1ccc(N(c2ccc(C)cc2)c2ccc(C)cc2)cc1)c1ccccc1. The molecule has 0 heterocycles. The summed E-state index contributed by atoms with van der Waals surface area (Å²) in [5.74, 6) is 0. The zero-order valence-electron chi connectivity index (χ0n) is 17.8. The Balaban J connectivity index is 1.69. The van der Waals surface area contributed by atoms with Crippen LogP contribution in [-0.4, -0.2) is 0 Å². The molecule has 4 rings (SSSR count). The third-order valence-corrected chi connectivity index (χ3v) is 5.35. The summed E-state index contributed by atoms with van der Waals surface area (Å²) in [7, 11) is 0. The van der Waals surface area contributed by atoms with Gasteiger partial charge in [-0.3, -0.25) is 0 Å². The molecule has 0 aliphatic heterocycles. The molecule has 148 valence electrons. The Morgan fingerprint density at radius 2 is 1.00 bits per heavy atom. The van der Waals surface area contributed by atoms with Crippen LogP contribution >= 0.6 is 0 Å². The standard InChI is InChI=1S/C29H27N/c1-22-9-15-27(16-10-22)30(28-17-11-23(2)12-18-28)29-19-13-25(14-20-29)21-24(3)26-7-5-4-6-8-26/h4-21H,1-3H3/b24-21-. The third-order valence-electron chi connectivity index (χ3n) is 5.35. The van der Waals surface area contributed by atoms with Crippen molar-refractivity contribution in [1.82, 2.24) is 0 Å². The average Bonchev–Trinajstić information content (AvgIpc) is 2.78. The number of nitrogens with zero attached hydrogens (tertiary/aromatic N) is 1. The molecule has 4 aromatic carbocycles. The van der Waals surface area contributed by atoms with Crippen LogP contribution in [0.4, 0.5) is 17.1 Å². The van der Waals surface area contributed by atoms with E-state index in [4.69, 9.17) is 0 Å². The fourth-order valence-electron chi connectivity index (χ4n) is 3.59. The zero-order valence-corrected chi connectivity index (χ0v) is 17.8. The quantitative estimate of drug-likeness (QED) is 0.310. The Labute approximate surface area is 179 Å². The number of hydrogen-bond acceptors (Lipinski definition) is 1. The van der Waals surface area contributed by atoms with Crippen LogP contribution in [0.25, 0.3) is 11.6 Å². The second kappa shape index (κ2) is 8.84. The lowest BCUT2D eigenvalue weighted by Crippen LogP contribution is -2.09. The minimum absolute atomic E-state index is 1.15. The first-order chi connectivity index (χ1) is 14.6. The van der Waals surface area contributed by atoms with E-state index in [-0.39, 0.29) is 0 Å². The van der Waals surface area contributed by atoms with E-state index in [9.17, 15) is 0 Å². The van der Waals surface area contributed by atoms with Crippen LogP contribution in [0.15, 0.2) is 103 Å². The van der Waals surface area contributed by atoms with Gasteiger partial charge in [-0.15, -0.1) is 0 Å². The highest BCUT2D eigenvalue weighted by Crippen LogP contribution is 2.35. The molecule has 0 N–H and O–H groups in total. The van der Waals surface area contributed by atoms with Crippen molar-refractivity contribution < 1.29 is 0 Å². The maximum absolute atomic E-state index is 2.30. The van der Waals surface area contributed by atoms with E-state index in [0.717, 1.165) is 17.1 Å². The maximum Gasteiger partial charge on any atom is 0.0462 e. The molecule has 0 fully saturated rings. The molecule has 0 saturated heterocycles. The smallest absolute Gasteiger partial charge is 0.0462 e. The van der Waals surface area contributed by atoms with Crippen LogP contribution < -0.4 is 4.90 Å². The highest BCUT2D eigenvalue weighted by molar-refractivity contribution is 5.82. The van der Waals surface area contributed by atoms with Gasteiger partial charge < -0.3 is 4.90 Å². The van der Waals surface area contributed by atoms with Gasteiger partial charge in [-0.1, -0.05) is 83.9 Å². The summed E-state index contributed by atoms with van der Waals surface area (Å²) in [5.41, 5.74) is 9.71. The molecule has 0 atom stereocenters. The highest BCUT2D eigenvalue weighted by Gasteiger charge is 2.12. The summed E-state index contributed by atoms with van der Waals surface area (Å²) >= 11 is 0. The van der Waals surface area contributed by atoms with Crippen LogP contribution in [0.3, 0.4) is 0 Å².